The first-order valence-electron chi connectivity index (χ1n) is 6.68. The summed E-state index contributed by atoms with van der Waals surface area (Å²) in [4.78, 5) is 0. The molecule has 3 heteroatoms. The molecule has 0 saturated carbocycles. The van der Waals surface area contributed by atoms with Crippen molar-refractivity contribution in [3.05, 3.63) is 6.42 Å². The first kappa shape index (κ1) is 17.9. The second-order valence-corrected chi connectivity index (χ2v) is 8.05. The van der Waals surface area contributed by atoms with Crippen molar-refractivity contribution in [3.63, 3.8) is 0 Å². The third kappa shape index (κ3) is 13.1. The second-order valence-electron chi connectivity index (χ2n) is 5.53. The van der Waals surface area contributed by atoms with Crippen LogP contribution < -0.4 is 0 Å². The van der Waals surface area contributed by atoms with Gasteiger partial charge in [0.2, 0.25) is 0 Å². The van der Waals surface area contributed by atoms with Gasteiger partial charge in [-0.25, -0.2) is 0 Å². The number of halogens is 3. The van der Waals surface area contributed by atoms with Gasteiger partial charge in [0, 0.05) is 0 Å². The molecule has 0 aromatic heterocycles. The average molecular weight is 301 g/mol. The summed E-state index contributed by atoms with van der Waals surface area (Å²) in [5, 5.41) is 0. The van der Waals surface area contributed by atoms with E-state index in [-0.39, 0.29) is 5.41 Å². The van der Waals surface area contributed by atoms with Gasteiger partial charge in [-0.2, -0.15) is 0 Å². The minimum atomic E-state index is -1.14. The molecule has 0 spiro atoms. The Balaban J connectivity index is 3.57. The van der Waals surface area contributed by atoms with Crippen LogP contribution in [0.3, 0.4) is 0 Å². The van der Waals surface area contributed by atoms with Crippen molar-refractivity contribution in [2.24, 2.45) is 5.41 Å². The summed E-state index contributed by atoms with van der Waals surface area (Å²) in [5.74, 6) is 0. The Hall–Kier alpha value is 0.870. The fraction of sp³-hybridized carbons (Fsp3) is 0.929. The number of hydrogen-bond acceptors (Lipinski definition) is 0. The molecule has 17 heavy (non-hydrogen) atoms. The van der Waals surface area contributed by atoms with Gasteiger partial charge in [0.25, 0.3) is 0 Å². The molecule has 0 saturated heterocycles. The van der Waals surface area contributed by atoms with Crippen molar-refractivity contribution in [1.82, 2.24) is 0 Å². The van der Waals surface area contributed by atoms with Gasteiger partial charge < -0.3 is 0 Å². The van der Waals surface area contributed by atoms with E-state index in [1.165, 1.54) is 44.9 Å². The third-order valence-electron chi connectivity index (χ3n) is 3.06. The fourth-order valence-electron chi connectivity index (χ4n) is 1.86. The van der Waals surface area contributed by atoms with E-state index >= 15 is 0 Å². The van der Waals surface area contributed by atoms with Gasteiger partial charge >= 0.3 is 0 Å². The first-order chi connectivity index (χ1) is 7.77. The number of unbranched alkanes of at least 4 members (excludes halogenated alkanes) is 5. The third-order valence-corrected chi connectivity index (χ3v) is 3.52. The molecule has 0 aliphatic carbocycles. The molecule has 0 aliphatic heterocycles. The molecule has 0 N–H and O–H groups in total. The highest BCUT2D eigenvalue weighted by Gasteiger charge is 2.25. The lowest BCUT2D eigenvalue weighted by Gasteiger charge is -2.26. The fourth-order valence-corrected chi connectivity index (χ4v) is 2.09. The molecule has 0 bridgehead atoms. The molecule has 0 aromatic carbocycles. The van der Waals surface area contributed by atoms with Crippen molar-refractivity contribution in [1.29, 1.82) is 0 Å². The maximum atomic E-state index is 5.76. The van der Waals surface area contributed by atoms with Crippen LogP contribution in [0.2, 0.25) is 0 Å². The summed E-state index contributed by atoms with van der Waals surface area (Å²) < 4.78 is -1.14. The molecule has 0 unspecified atom stereocenters. The van der Waals surface area contributed by atoms with Gasteiger partial charge in [0.15, 0.2) is 3.79 Å². The summed E-state index contributed by atoms with van der Waals surface area (Å²) >= 11 is 17.3. The highest BCUT2D eigenvalue weighted by Crippen LogP contribution is 2.37. The Morgan fingerprint density at radius 3 is 1.94 bits per heavy atom. The van der Waals surface area contributed by atoms with Crippen molar-refractivity contribution in [2.45, 2.75) is 75.9 Å². The Labute approximate surface area is 122 Å². The van der Waals surface area contributed by atoms with Crippen LogP contribution in [-0.2, 0) is 0 Å². The van der Waals surface area contributed by atoms with Crippen LogP contribution in [0.25, 0.3) is 0 Å². The average Bonchev–Trinajstić information content (AvgIpc) is 2.20. The van der Waals surface area contributed by atoms with E-state index in [2.05, 4.69) is 27.2 Å². The Morgan fingerprint density at radius 1 is 0.882 bits per heavy atom. The number of hydrogen-bond donors (Lipinski definition) is 0. The minimum Gasteiger partial charge on any atom is -0.0837 e. The van der Waals surface area contributed by atoms with Gasteiger partial charge in [0.05, 0.1) is 0 Å². The number of alkyl halides is 3. The topological polar surface area (TPSA) is 0 Å². The highest BCUT2D eigenvalue weighted by molar-refractivity contribution is 6.67. The first-order valence-corrected chi connectivity index (χ1v) is 7.81. The van der Waals surface area contributed by atoms with Gasteiger partial charge in [-0.1, -0.05) is 94.1 Å². The van der Waals surface area contributed by atoms with E-state index < -0.39 is 3.79 Å². The zero-order valence-electron chi connectivity index (χ0n) is 11.4. The van der Waals surface area contributed by atoms with Crippen LogP contribution in [0.4, 0.5) is 0 Å². The van der Waals surface area contributed by atoms with E-state index in [0.29, 0.717) is 6.42 Å². The van der Waals surface area contributed by atoms with E-state index in [1.807, 2.05) is 0 Å². The van der Waals surface area contributed by atoms with Crippen LogP contribution in [0.1, 0.15) is 72.1 Å². The van der Waals surface area contributed by atoms with Crippen molar-refractivity contribution < 1.29 is 0 Å². The Morgan fingerprint density at radius 2 is 1.41 bits per heavy atom. The molecule has 0 nitrogen and oxygen atoms in total. The molecule has 0 fully saturated rings. The second kappa shape index (κ2) is 8.88. The van der Waals surface area contributed by atoms with E-state index in [9.17, 15) is 0 Å². The lowest BCUT2D eigenvalue weighted by atomic mass is 9.82. The largest absolute Gasteiger partial charge is 0.190 e. The van der Waals surface area contributed by atoms with Gasteiger partial charge in [-0.05, 0) is 24.7 Å². The maximum Gasteiger partial charge on any atom is 0.190 e. The van der Waals surface area contributed by atoms with E-state index in [0.717, 1.165) is 0 Å². The van der Waals surface area contributed by atoms with Gasteiger partial charge in [0.1, 0.15) is 0 Å². The zero-order chi connectivity index (χ0) is 13.4. The molecule has 0 rings (SSSR count). The number of rotatable bonds is 9. The van der Waals surface area contributed by atoms with Crippen LogP contribution >= 0.6 is 34.8 Å². The van der Waals surface area contributed by atoms with Crippen molar-refractivity contribution in [2.75, 3.05) is 0 Å². The molecule has 103 valence electrons. The SMILES string of the molecule is CCCCCCCCC(C)(C)[CH]CC(Cl)(Cl)Cl. The normalized spacial score (nSPS) is 13.1. The molecule has 0 aliphatic rings. The lowest BCUT2D eigenvalue weighted by Crippen LogP contribution is -2.16. The molecule has 1 radical (unpaired) electrons. The Bertz CT molecular complexity index is 182. The molecule has 0 atom stereocenters. The minimum absolute atomic E-state index is 0.175. The van der Waals surface area contributed by atoms with Crippen LogP contribution in [-0.4, -0.2) is 3.79 Å². The summed E-state index contributed by atoms with van der Waals surface area (Å²) in [6.45, 7) is 6.68. The summed E-state index contributed by atoms with van der Waals surface area (Å²) in [6, 6.07) is 0. The predicted octanol–water partition coefficient (Wildman–Crippen LogP) is 6.73. The monoisotopic (exact) mass is 299 g/mol. The molecule has 0 amide bonds. The van der Waals surface area contributed by atoms with Crippen LogP contribution in [0.5, 0.6) is 0 Å². The lowest BCUT2D eigenvalue weighted by molar-refractivity contribution is 0.365. The maximum absolute atomic E-state index is 5.76. The zero-order valence-corrected chi connectivity index (χ0v) is 13.6. The molecular formula is C14H26Cl3. The highest BCUT2D eigenvalue weighted by atomic mass is 35.6. The van der Waals surface area contributed by atoms with Gasteiger partial charge in [-0.15, -0.1) is 0 Å². The van der Waals surface area contributed by atoms with Crippen LogP contribution in [0, 0.1) is 11.8 Å². The van der Waals surface area contributed by atoms with Crippen molar-refractivity contribution in [3.8, 4) is 0 Å². The summed E-state index contributed by atoms with van der Waals surface area (Å²) in [5.41, 5.74) is 0.175. The van der Waals surface area contributed by atoms with E-state index in [4.69, 9.17) is 34.8 Å². The predicted molar refractivity (Wildman–Crippen MR) is 81.0 cm³/mol. The molecular weight excluding hydrogens is 275 g/mol. The quantitative estimate of drug-likeness (QED) is 0.327. The summed E-state index contributed by atoms with van der Waals surface area (Å²) in [6.07, 6.45) is 11.8. The standard InChI is InChI=1S/C14H26Cl3/c1-4-5-6-7-8-9-10-13(2,3)11-12-14(15,16)17/h11H,4-10,12H2,1-3H3. The van der Waals surface area contributed by atoms with Crippen LogP contribution in [0.15, 0.2) is 0 Å². The van der Waals surface area contributed by atoms with Gasteiger partial charge in [-0.3, -0.25) is 0 Å². The Kier molecular flexibility index (Phi) is 9.34. The smallest absolute Gasteiger partial charge is 0.0837 e. The molecule has 0 heterocycles. The van der Waals surface area contributed by atoms with Crippen molar-refractivity contribution >= 4 is 34.8 Å². The summed E-state index contributed by atoms with van der Waals surface area (Å²) in [7, 11) is 0. The molecule has 0 aromatic rings. The van der Waals surface area contributed by atoms with E-state index in [1.54, 1.807) is 0 Å².